The molecule has 25 heavy (non-hydrogen) atoms. The monoisotopic (exact) mass is 359 g/mol. The number of hydrogen-bond donors (Lipinski definition) is 1. The number of nitrogens with zero attached hydrogens (tertiary/aromatic N) is 1. The molecule has 0 radical (unpaired) electrons. The van der Waals surface area contributed by atoms with Gasteiger partial charge in [0.15, 0.2) is 0 Å². The summed E-state index contributed by atoms with van der Waals surface area (Å²) in [6, 6.07) is 10.2. The molecule has 1 saturated heterocycles. The van der Waals surface area contributed by atoms with E-state index in [1.807, 2.05) is 24.4 Å². The molecule has 0 bridgehead atoms. The molecule has 132 valence electrons. The lowest BCUT2D eigenvalue weighted by atomic mass is 9.92. The van der Waals surface area contributed by atoms with Crippen molar-refractivity contribution in [1.29, 1.82) is 0 Å². The molecule has 0 spiro atoms. The molecule has 6 heteroatoms. The van der Waals surface area contributed by atoms with E-state index in [1.165, 1.54) is 4.90 Å². The highest BCUT2D eigenvalue weighted by molar-refractivity contribution is 7.09. The second-order valence-electron chi connectivity index (χ2n) is 6.38. The fourth-order valence-corrected chi connectivity index (χ4v) is 3.67. The highest BCUT2D eigenvalue weighted by Gasteiger charge is 2.35. The maximum atomic E-state index is 12.8. The molecule has 3 rings (SSSR count). The first-order valence-electron chi connectivity index (χ1n) is 8.33. The van der Waals surface area contributed by atoms with Gasteiger partial charge >= 0.3 is 5.97 Å². The van der Waals surface area contributed by atoms with Crippen molar-refractivity contribution in [3.8, 4) is 5.75 Å². The number of carbonyl (C=O) groups is 2. The van der Waals surface area contributed by atoms with Crippen molar-refractivity contribution in [2.75, 3.05) is 6.54 Å². The molecule has 2 atom stereocenters. The summed E-state index contributed by atoms with van der Waals surface area (Å²) in [4.78, 5) is 26.9. The molecule has 1 fully saturated rings. The summed E-state index contributed by atoms with van der Waals surface area (Å²) in [5, 5.41) is 11.4. The van der Waals surface area contributed by atoms with Crippen LogP contribution in [0.25, 0.3) is 0 Å². The molecule has 2 heterocycles. The number of carboxylic acid groups (broad SMARTS) is 1. The van der Waals surface area contributed by atoms with E-state index < -0.39 is 12.0 Å². The summed E-state index contributed by atoms with van der Waals surface area (Å²) >= 11 is 1.61. The number of hydrogen-bond acceptors (Lipinski definition) is 4. The Kier molecular flexibility index (Phi) is 5.38. The van der Waals surface area contributed by atoms with Crippen LogP contribution >= 0.6 is 11.3 Å². The van der Waals surface area contributed by atoms with E-state index in [-0.39, 0.29) is 5.91 Å². The predicted molar refractivity (Wildman–Crippen MR) is 96.0 cm³/mol. The third kappa shape index (κ3) is 4.20. The van der Waals surface area contributed by atoms with Crippen molar-refractivity contribution < 1.29 is 19.4 Å². The Morgan fingerprint density at radius 2 is 2.16 bits per heavy atom. The normalized spacial score (nSPS) is 20.3. The van der Waals surface area contributed by atoms with Crippen molar-refractivity contribution in [3.05, 3.63) is 52.2 Å². The lowest BCUT2D eigenvalue weighted by molar-refractivity contribution is -0.144. The van der Waals surface area contributed by atoms with E-state index in [0.29, 0.717) is 36.8 Å². The minimum Gasteiger partial charge on any atom is -0.488 e. The molecule has 1 aromatic carbocycles. The van der Waals surface area contributed by atoms with Gasteiger partial charge in [0, 0.05) is 17.0 Å². The highest BCUT2D eigenvalue weighted by Crippen LogP contribution is 2.25. The summed E-state index contributed by atoms with van der Waals surface area (Å²) < 4.78 is 5.74. The van der Waals surface area contributed by atoms with E-state index >= 15 is 0 Å². The van der Waals surface area contributed by atoms with Gasteiger partial charge in [0.2, 0.25) is 0 Å². The fraction of sp³-hybridized carbons (Fsp3) is 0.368. The highest BCUT2D eigenvalue weighted by atomic mass is 32.1. The quantitative estimate of drug-likeness (QED) is 0.885. The molecule has 5 nitrogen and oxygen atoms in total. The molecule has 1 N–H and O–H groups in total. The summed E-state index contributed by atoms with van der Waals surface area (Å²) in [5.74, 6) is -0.270. The van der Waals surface area contributed by atoms with E-state index in [2.05, 4.69) is 0 Å². The van der Waals surface area contributed by atoms with E-state index in [0.717, 1.165) is 11.3 Å². The first-order chi connectivity index (χ1) is 12.0. The molecule has 2 aromatic rings. The predicted octanol–water partition coefficient (Wildman–Crippen LogP) is 3.65. The lowest BCUT2D eigenvalue weighted by Gasteiger charge is -2.36. The molecule has 1 aliphatic rings. The zero-order valence-electron chi connectivity index (χ0n) is 14.1. The molecule has 0 saturated carbocycles. The van der Waals surface area contributed by atoms with Gasteiger partial charge in [-0.15, -0.1) is 11.3 Å². The maximum absolute atomic E-state index is 12.8. The smallest absolute Gasteiger partial charge is 0.326 e. The number of piperidine rings is 1. The number of carboxylic acids is 1. The number of rotatable bonds is 5. The van der Waals surface area contributed by atoms with Crippen molar-refractivity contribution in [3.63, 3.8) is 0 Å². The Morgan fingerprint density at radius 1 is 1.32 bits per heavy atom. The van der Waals surface area contributed by atoms with Gasteiger partial charge in [0.25, 0.3) is 5.91 Å². The number of carbonyl (C=O) groups excluding carboxylic acids is 1. The van der Waals surface area contributed by atoms with Crippen molar-refractivity contribution in [1.82, 2.24) is 4.90 Å². The van der Waals surface area contributed by atoms with Gasteiger partial charge < -0.3 is 14.7 Å². The average Bonchev–Trinajstić information content (AvgIpc) is 3.13. The van der Waals surface area contributed by atoms with Crippen LogP contribution in [0.3, 0.4) is 0 Å². The van der Waals surface area contributed by atoms with Crippen LogP contribution in [0, 0.1) is 5.92 Å². The van der Waals surface area contributed by atoms with Crippen LogP contribution < -0.4 is 4.74 Å². The number of benzene rings is 1. The van der Waals surface area contributed by atoms with Gasteiger partial charge in [-0.3, -0.25) is 4.79 Å². The zero-order valence-corrected chi connectivity index (χ0v) is 14.9. The largest absolute Gasteiger partial charge is 0.488 e. The topological polar surface area (TPSA) is 66.8 Å². The minimum absolute atomic E-state index is 0.249. The molecule has 1 aromatic heterocycles. The van der Waals surface area contributed by atoms with Gasteiger partial charge in [-0.2, -0.15) is 0 Å². The van der Waals surface area contributed by atoms with Crippen LogP contribution in [0.2, 0.25) is 0 Å². The fourth-order valence-electron chi connectivity index (χ4n) is 3.05. The van der Waals surface area contributed by atoms with E-state index in [9.17, 15) is 14.7 Å². The maximum Gasteiger partial charge on any atom is 0.326 e. The van der Waals surface area contributed by atoms with Crippen LogP contribution in [0.1, 0.15) is 35.0 Å². The third-order valence-corrected chi connectivity index (χ3v) is 5.30. The van der Waals surface area contributed by atoms with Gasteiger partial charge in [0.1, 0.15) is 18.4 Å². The second kappa shape index (κ2) is 7.70. The average molecular weight is 359 g/mol. The number of aliphatic carboxylic acids is 1. The number of amides is 1. The molecule has 1 amide bonds. The summed E-state index contributed by atoms with van der Waals surface area (Å²) in [6.45, 7) is 2.95. The number of likely N-dealkylation sites (tertiary alicyclic amines) is 1. The van der Waals surface area contributed by atoms with Gasteiger partial charge in [-0.1, -0.05) is 19.1 Å². The standard InChI is InChI=1S/C19H21NO4S/c1-13-7-8-20(17(10-13)19(22)23)18(21)14-4-2-5-15(11-14)24-12-16-6-3-9-25-16/h2-6,9,11,13,17H,7-8,10,12H2,1H3,(H,22,23). The first kappa shape index (κ1) is 17.5. The molecular formula is C19H21NO4S. The van der Waals surface area contributed by atoms with Crippen molar-refractivity contribution >= 4 is 23.2 Å². The Balaban J connectivity index is 1.73. The Hall–Kier alpha value is -2.34. The third-order valence-electron chi connectivity index (χ3n) is 4.45. The van der Waals surface area contributed by atoms with Crippen LogP contribution in [0.4, 0.5) is 0 Å². The van der Waals surface area contributed by atoms with Gasteiger partial charge in [-0.25, -0.2) is 4.79 Å². The van der Waals surface area contributed by atoms with Gasteiger partial charge in [-0.05, 0) is 48.4 Å². The summed E-state index contributed by atoms with van der Waals surface area (Å²) in [7, 11) is 0. The first-order valence-corrected chi connectivity index (χ1v) is 9.21. The molecular weight excluding hydrogens is 338 g/mol. The Bertz CT molecular complexity index is 744. The Labute approximate surface area is 150 Å². The van der Waals surface area contributed by atoms with E-state index in [1.54, 1.807) is 35.6 Å². The molecule has 2 unspecified atom stereocenters. The lowest BCUT2D eigenvalue weighted by Crippen LogP contribution is -2.49. The second-order valence-corrected chi connectivity index (χ2v) is 7.41. The van der Waals surface area contributed by atoms with Crippen LogP contribution in [-0.2, 0) is 11.4 Å². The van der Waals surface area contributed by atoms with E-state index in [4.69, 9.17) is 4.74 Å². The Morgan fingerprint density at radius 3 is 2.88 bits per heavy atom. The number of ether oxygens (including phenoxy) is 1. The van der Waals surface area contributed by atoms with Crippen LogP contribution in [0.5, 0.6) is 5.75 Å². The van der Waals surface area contributed by atoms with Crippen LogP contribution in [0.15, 0.2) is 41.8 Å². The van der Waals surface area contributed by atoms with Crippen LogP contribution in [-0.4, -0.2) is 34.5 Å². The SMILES string of the molecule is CC1CCN(C(=O)c2cccc(OCc3cccs3)c2)C(C(=O)O)C1. The van der Waals surface area contributed by atoms with Crippen molar-refractivity contribution in [2.24, 2.45) is 5.92 Å². The minimum atomic E-state index is -0.940. The number of thiophene rings is 1. The molecule has 0 aliphatic carbocycles. The van der Waals surface area contributed by atoms with Crippen molar-refractivity contribution in [2.45, 2.75) is 32.4 Å². The molecule has 1 aliphatic heterocycles. The van der Waals surface area contributed by atoms with Gasteiger partial charge in [0.05, 0.1) is 0 Å². The summed E-state index contributed by atoms with van der Waals surface area (Å²) in [5.41, 5.74) is 0.462. The summed E-state index contributed by atoms with van der Waals surface area (Å²) in [6.07, 6.45) is 1.32. The zero-order chi connectivity index (χ0) is 17.8.